The van der Waals surface area contributed by atoms with Gasteiger partial charge in [0.15, 0.2) is 0 Å². The predicted octanol–water partition coefficient (Wildman–Crippen LogP) is 2.80. The van der Waals surface area contributed by atoms with E-state index in [0.29, 0.717) is 24.3 Å². The number of carbonyl (C=O) groups excluding carboxylic acids is 2. The van der Waals surface area contributed by atoms with Crippen LogP contribution in [-0.2, 0) is 9.59 Å². The lowest BCUT2D eigenvalue weighted by Crippen LogP contribution is -2.19. The van der Waals surface area contributed by atoms with E-state index in [9.17, 15) is 9.59 Å². The third kappa shape index (κ3) is 9.37. The zero-order valence-electron chi connectivity index (χ0n) is 14.9. The summed E-state index contributed by atoms with van der Waals surface area (Å²) in [7, 11) is 0. The van der Waals surface area contributed by atoms with E-state index in [1.807, 2.05) is 60.7 Å². The van der Waals surface area contributed by atoms with E-state index >= 15 is 0 Å². The van der Waals surface area contributed by atoms with Crippen molar-refractivity contribution in [2.75, 3.05) is 11.5 Å². The average Bonchev–Trinajstić information content (AvgIpc) is 2.69. The second kappa shape index (κ2) is 12.4. The van der Waals surface area contributed by atoms with Crippen LogP contribution < -0.4 is 10.9 Å². The van der Waals surface area contributed by atoms with E-state index in [1.165, 1.54) is 0 Å². The number of thioether (sulfide) groups is 1. The normalized spacial score (nSPS) is 11.0. The molecule has 0 aliphatic rings. The highest BCUT2D eigenvalue weighted by Crippen LogP contribution is 2.04. The average molecular weight is 382 g/mol. The number of nitrogens with one attached hydrogen (secondary N) is 2. The molecule has 0 aromatic heterocycles. The highest BCUT2D eigenvalue weighted by molar-refractivity contribution is 7.99. The molecule has 6 nitrogen and oxygen atoms in total. The SMILES string of the molecule is O=C(CCSCCC(=O)N/N=C/c1ccccc1)N/N=C\c1ccccc1. The Bertz CT molecular complexity index is 699. The van der Waals surface area contributed by atoms with Gasteiger partial charge in [0.25, 0.3) is 0 Å². The maximum atomic E-state index is 11.7. The van der Waals surface area contributed by atoms with Gasteiger partial charge in [-0.05, 0) is 11.1 Å². The lowest BCUT2D eigenvalue weighted by Gasteiger charge is -2.01. The molecular formula is C20H22N4O2S. The first kappa shape index (κ1) is 20.4. The predicted molar refractivity (Wildman–Crippen MR) is 111 cm³/mol. The van der Waals surface area contributed by atoms with E-state index in [-0.39, 0.29) is 11.8 Å². The Balaban J connectivity index is 1.51. The van der Waals surface area contributed by atoms with Crippen molar-refractivity contribution in [3.05, 3.63) is 71.8 Å². The zero-order chi connectivity index (χ0) is 19.2. The topological polar surface area (TPSA) is 82.9 Å². The number of nitrogens with zero attached hydrogens (tertiary/aromatic N) is 2. The molecule has 0 aliphatic carbocycles. The van der Waals surface area contributed by atoms with Crippen molar-refractivity contribution in [3.8, 4) is 0 Å². The van der Waals surface area contributed by atoms with Crippen molar-refractivity contribution in [2.45, 2.75) is 12.8 Å². The Morgan fingerprint density at radius 3 is 1.56 bits per heavy atom. The molecule has 0 unspecified atom stereocenters. The van der Waals surface area contributed by atoms with Crippen LogP contribution in [0.4, 0.5) is 0 Å². The fraction of sp³-hybridized carbons (Fsp3) is 0.200. The van der Waals surface area contributed by atoms with Gasteiger partial charge in [-0.15, -0.1) is 0 Å². The maximum absolute atomic E-state index is 11.7. The van der Waals surface area contributed by atoms with Gasteiger partial charge < -0.3 is 0 Å². The maximum Gasteiger partial charge on any atom is 0.240 e. The molecule has 2 aromatic carbocycles. The highest BCUT2D eigenvalue weighted by Gasteiger charge is 2.02. The van der Waals surface area contributed by atoms with Gasteiger partial charge in [-0.2, -0.15) is 22.0 Å². The van der Waals surface area contributed by atoms with Crippen LogP contribution in [0.1, 0.15) is 24.0 Å². The summed E-state index contributed by atoms with van der Waals surface area (Å²) in [5, 5.41) is 7.83. The lowest BCUT2D eigenvalue weighted by molar-refractivity contribution is -0.121. The number of hydrogen-bond donors (Lipinski definition) is 2. The van der Waals surface area contributed by atoms with E-state index in [2.05, 4.69) is 21.1 Å². The van der Waals surface area contributed by atoms with Crippen LogP contribution in [0.25, 0.3) is 0 Å². The van der Waals surface area contributed by atoms with Gasteiger partial charge in [0.2, 0.25) is 11.8 Å². The van der Waals surface area contributed by atoms with Crippen molar-refractivity contribution in [3.63, 3.8) is 0 Å². The standard InChI is InChI=1S/C20H22N4O2S/c25-19(23-21-15-17-7-3-1-4-8-17)11-13-27-14-12-20(26)24-22-16-18-9-5-2-6-10-18/h1-10,15-16H,11-14H2,(H,23,25)(H,24,26)/b21-15-,22-16+. The summed E-state index contributed by atoms with van der Waals surface area (Å²) in [5.41, 5.74) is 6.83. The van der Waals surface area contributed by atoms with Crippen LogP contribution in [0.15, 0.2) is 70.9 Å². The molecule has 2 N–H and O–H groups in total. The summed E-state index contributed by atoms with van der Waals surface area (Å²) < 4.78 is 0. The third-order valence-corrected chi connectivity index (χ3v) is 4.34. The number of rotatable bonds is 10. The van der Waals surface area contributed by atoms with E-state index in [4.69, 9.17) is 0 Å². The Morgan fingerprint density at radius 1 is 0.741 bits per heavy atom. The van der Waals surface area contributed by atoms with Crippen molar-refractivity contribution in [1.29, 1.82) is 0 Å². The van der Waals surface area contributed by atoms with Crippen LogP contribution in [0.5, 0.6) is 0 Å². The smallest absolute Gasteiger partial charge is 0.240 e. The van der Waals surface area contributed by atoms with Crippen LogP contribution in [-0.4, -0.2) is 35.7 Å². The molecule has 0 bridgehead atoms. The molecule has 2 amide bonds. The van der Waals surface area contributed by atoms with Crippen molar-refractivity contribution >= 4 is 36.0 Å². The molecule has 2 aromatic rings. The lowest BCUT2D eigenvalue weighted by atomic mass is 10.2. The summed E-state index contributed by atoms with van der Waals surface area (Å²) in [5.74, 6) is 0.971. The summed E-state index contributed by atoms with van der Waals surface area (Å²) in [6.45, 7) is 0. The summed E-state index contributed by atoms with van der Waals surface area (Å²) in [6.07, 6.45) is 3.91. The first-order chi connectivity index (χ1) is 13.2. The van der Waals surface area contributed by atoms with E-state index in [1.54, 1.807) is 24.2 Å². The van der Waals surface area contributed by atoms with Crippen LogP contribution in [0.2, 0.25) is 0 Å². The molecule has 0 saturated carbocycles. The number of benzene rings is 2. The molecule has 0 fully saturated rings. The molecule has 0 saturated heterocycles. The third-order valence-electron chi connectivity index (χ3n) is 3.35. The van der Waals surface area contributed by atoms with E-state index < -0.39 is 0 Å². The summed E-state index contributed by atoms with van der Waals surface area (Å²) >= 11 is 1.54. The largest absolute Gasteiger partial charge is 0.273 e. The molecule has 0 atom stereocenters. The molecule has 2 rings (SSSR count). The van der Waals surface area contributed by atoms with Gasteiger partial charge in [0.1, 0.15) is 0 Å². The van der Waals surface area contributed by atoms with Crippen molar-refractivity contribution < 1.29 is 9.59 Å². The van der Waals surface area contributed by atoms with Crippen LogP contribution in [0.3, 0.4) is 0 Å². The Morgan fingerprint density at radius 2 is 1.15 bits per heavy atom. The zero-order valence-corrected chi connectivity index (χ0v) is 15.7. The van der Waals surface area contributed by atoms with Crippen molar-refractivity contribution in [1.82, 2.24) is 10.9 Å². The molecule has 0 spiro atoms. The van der Waals surface area contributed by atoms with Gasteiger partial charge in [-0.25, -0.2) is 10.9 Å². The monoisotopic (exact) mass is 382 g/mol. The van der Waals surface area contributed by atoms with E-state index in [0.717, 1.165) is 11.1 Å². The number of hydrazone groups is 2. The molecule has 0 heterocycles. The minimum absolute atomic E-state index is 0.147. The Hall–Kier alpha value is -2.93. The quantitative estimate of drug-likeness (QED) is 0.377. The number of carbonyl (C=O) groups is 2. The van der Waals surface area contributed by atoms with Gasteiger partial charge in [0.05, 0.1) is 12.4 Å². The second-order valence-electron chi connectivity index (χ2n) is 5.52. The van der Waals surface area contributed by atoms with Crippen LogP contribution in [0, 0.1) is 0 Å². The molecule has 27 heavy (non-hydrogen) atoms. The second-order valence-corrected chi connectivity index (χ2v) is 6.74. The first-order valence-electron chi connectivity index (χ1n) is 8.56. The Kier molecular flexibility index (Phi) is 9.38. The van der Waals surface area contributed by atoms with Gasteiger partial charge in [0, 0.05) is 24.3 Å². The minimum Gasteiger partial charge on any atom is -0.273 e. The summed E-state index contributed by atoms with van der Waals surface area (Å²) in [6, 6.07) is 19.1. The highest BCUT2D eigenvalue weighted by atomic mass is 32.2. The van der Waals surface area contributed by atoms with Gasteiger partial charge >= 0.3 is 0 Å². The number of hydrogen-bond acceptors (Lipinski definition) is 5. The Labute approximate surface area is 163 Å². The fourth-order valence-electron chi connectivity index (χ4n) is 1.98. The molecular weight excluding hydrogens is 360 g/mol. The van der Waals surface area contributed by atoms with Crippen molar-refractivity contribution in [2.24, 2.45) is 10.2 Å². The molecule has 7 heteroatoms. The van der Waals surface area contributed by atoms with Gasteiger partial charge in [-0.1, -0.05) is 60.7 Å². The summed E-state index contributed by atoms with van der Waals surface area (Å²) in [4.78, 5) is 23.3. The van der Waals surface area contributed by atoms with Gasteiger partial charge in [-0.3, -0.25) is 9.59 Å². The fourth-order valence-corrected chi connectivity index (χ4v) is 2.84. The molecule has 0 aliphatic heterocycles. The molecule has 140 valence electrons. The van der Waals surface area contributed by atoms with Crippen LogP contribution >= 0.6 is 11.8 Å². The minimum atomic E-state index is -0.147. The first-order valence-corrected chi connectivity index (χ1v) is 9.71. The number of amides is 2. The molecule has 0 radical (unpaired) electrons.